The normalized spacial score (nSPS) is 11.7. The molecule has 6 heteroatoms. The molecule has 1 rings (SSSR count). The number of esters is 1. The lowest BCUT2D eigenvalue weighted by molar-refractivity contribution is -0.146. The molecule has 0 fully saturated rings. The van der Waals surface area contributed by atoms with Gasteiger partial charge in [-0.15, -0.1) is 0 Å². The number of carbonyl (C=O) groups excluding carboxylic acids is 2. The fourth-order valence-electron chi connectivity index (χ4n) is 2.48. The molecular weight excluding hydrogens is 334 g/mol. The van der Waals surface area contributed by atoms with Gasteiger partial charge in [0.2, 0.25) is 0 Å². The van der Waals surface area contributed by atoms with Crippen molar-refractivity contribution in [3.05, 3.63) is 29.8 Å². The highest BCUT2D eigenvalue weighted by Crippen LogP contribution is 2.13. The van der Waals surface area contributed by atoms with E-state index < -0.39 is 0 Å². The van der Waals surface area contributed by atoms with Gasteiger partial charge in [0.25, 0.3) is 5.91 Å². The third-order valence-electron chi connectivity index (χ3n) is 4.07. The number of aryl methyl sites for hydroxylation is 1. The number of rotatable bonds is 12. The number of amides is 1. The Balaban J connectivity index is 2.60. The lowest BCUT2D eigenvalue weighted by Crippen LogP contribution is -2.40. The van der Waals surface area contributed by atoms with Crippen LogP contribution in [-0.4, -0.2) is 56.8 Å². The molecule has 0 bridgehead atoms. The Labute approximate surface area is 156 Å². The van der Waals surface area contributed by atoms with Crippen LogP contribution in [0.3, 0.4) is 0 Å². The maximum absolute atomic E-state index is 12.6. The van der Waals surface area contributed by atoms with Gasteiger partial charge in [-0.3, -0.25) is 9.59 Å². The molecule has 0 aliphatic carbocycles. The smallest absolute Gasteiger partial charge is 0.310 e. The molecule has 1 aromatic carbocycles. The second kappa shape index (κ2) is 12.3. The number of carbonyl (C=O) groups is 2. The summed E-state index contributed by atoms with van der Waals surface area (Å²) in [7, 11) is 1.35. The van der Waals surface area contributed by atoms with E-state index >= 15 is 0 Å². The van der Waals surface area contributed by atoms with Crippen molar-refractivity contribution < 1.29 is 23.8 Å². The summed E-state index contributed by atoms with van der Waals surface area (Å²) in [6, 6.07) is 7.70. The van der Waals surface area contributed by atoms with Gasteiger partial charge in [0, 0.05) is 26.3 Å². The van der Waals surface area contributed by atoms with Crippen LogP contribution in [0.25, 0.3) is 0 Å². The summed E-state index contributed by atoms with van der Waals surface area (Å²) < 4.78 is 15.7. The molecule has 26 heavy (non-hydrogen) atoms. The molecule has 0 aromatic heterocycles. The Morgan fingerprint density at radius 1 is 1.15 bits per heavy atom. The topological polar surface area (TPSA) is 65.1 Å². The monoisotopic (exact) mass is 365 g/mol. The molecule has 1 atom stereocenters. The summed E-state index contributed by atoms with van der Waals surface area (Å²) >= 11 is 0. The van der Waals surface area contributed by atoms with E-state index in [9.17, 15) is 9.59 Å². The second-order valence-corrected chi connectivity index (χ2v) is 6.10. The van der Waals surface area contributed by atoms with Crippen LogP contribution >= 0.6 is 0 Å². The Hall–Kier alpha value is -2.08. The first-order valence-corrected chi connectivity index (χ1v) is 9.16. The van der Waals surface area contributed by atoms with Gasteiger partial charge in [0.1, 0.15) is 5.75 Å². The standard InChI is InChI=1S/C20H31NO5/c1-5-17-8-10-18(11-9-17)26-15-19(22)21(12-7-13-25-6-2)14-16(3)20(23)24-4/h8-11,16H,5-7,12-15H2,1-4H3. The predicted molar refractivity (Wildman–Crippen MR) is 100 cm³/mol. The SMILES string of the molecule is CCOCCCN(CC(C)C(=O)OC)C(=O)COc1ccc(CC)cc1. The molecule has 0 radical (unpaired) electrons. The molecule has 0 N–H and O–H groups in total. The van der Waals surface area contributed by atoms with E-state index in [1.807, 2.05) is 31.2 Å². The minimum atomic E-state index is -0.389. The number of nitrogens with zero attached hydrogens (tertiary/aromatic N) is 1. The van der Waals surface area contributed by atoms with Crippen molar-refractivity contribution in [3.8, 4) is 5.75 Å². The summed E-state index contributed by atoms with van der Waals surface area (Å²) in [6.07, 6.45) is 1.66. The van der Waals surface area contributed by atoms with Gasteiger partial charge in [-0.05, 0) is 37.5 Å². The molecule has 0 aliphatic rings. The molecular formula is C20H31NO5. The van der Waals surface area contributed by atoms with Crippen LogP contribution < -0.4 is 4.74 Å². The van der Waals surface area contributed by atoms with E-state index in [0.717, 1.165) is 6.42 Å². The van der Waals surface area contributed by atoms with Crippen LogP contribution in [-0.2, 0) is 25.5 Å². The highest BCUT2D eigenvalue weighted by atomic mass is 16.5. The first-order valence-electron chi connectivity index (χ1n) is 9.16. The van der Waals surface area contributed by atoms with Crippen LogP contribution in [0.4, 0.5) is 0 Å². The summed E-state index contributed by atoms with van der Waals surface area (Å²) in [5.41, 5.74) is 1.22. The number of hydrogen-bond acceptors (Lipinski definition) is 5. The van der Waals surface area contributed by atoms with Gasteiger partial charge in [0.05, 0.1) is 13.0 Å². The molecule has 146 valence electrons. The average molecular weight is 365 g/mol. The van der Waals surface area contributed by atoms with Gasteiger partial charge in [-0.1, -0.05) is 26.0 Å². The fourth-order valence-corrected chi connectivity index (χ4v) is 2.48. The molecule has 0 spiro atoms. The van der Waals surface area contributed by atoms with Crippen LogP contribution in [0.5, 0.6) is 5.75 Å². The predicted octanol–water partition coefficient (Wildman–Crippen LogP) is 2.69. The molecule has 1 aromatic rings. The third kappa shape index (κ3) is 7.87. The molecule has 0 saturated heterocycles. The molecule has 6 nitrogen and oxygen atoms in total. The Morgan fingerprint density at radius 2 is 1.85 bits per heavy atom. The Morgan fingerprint density at radius 3 is 2.42 bits per heavy atom. The van der Waals surface area contributed by atoms with Crippen LogP contribution in [0.15, 0.2) is 24.3 Å². The van der Waals surface area contributed by atoms with Crippen molar-refractivity contribution in [3.63, 3.8) is 0 Å². The average Bonchev–Trinajstić information content (AvgIpc) is 2.67. The zero-order valence-electron chi connectivity index (χ0n) is 16.3. The Kier molecular flexibility index (Phi) is 10.4. The van der Waals surface area contributed by atoms with E-state index in [1.165, 1.54) is 12.7 Å². The number of benzene rings is 1. The summed E-state index contributed by atoms with van der Waals surface area (Å²) in [6.45, 7) is 7.73. The van der Waals surface area contributed by atoms with Gasteiger partial charge in [-0.2, -0.15) is 0 Å². The van der Waals surface area contributed by atoms with Crippen molar-refractivity contribution >= 4 is 11.9 Å². The van der Waals surface area contributed by atoms with Crippen molar-refractivity contribution in [2.45, 2.75) is 33.6 Å². The molecule has 0 saturated carbocycles. The highest BCUT2D eigenvalue weighted by molar-refractivity contribution is 5.79. The summed E-state index contributed by atoms with van der Waals surface area (Å²) in [5.74, 6) is -0.216. The quantitative estimate of drug-likeness (QED) is 0.421. The maximum atomic E-state index is 12.6. The van der Waals surface area contributed by atoms with Crippen LogP contribution in [0.1, 0.15) is 32.8 Å². The lowest BCUT2D eigenvalue weighted by Gasteiger charge is -2.25. The van der Waals surface area contributed by atoms with Crippen molar-refractivity contribution in [1.29, 1.82) is 0 Å². The lowest BCUT2D eigenvalue weighted by atomic mass is 10.1. The summed E-state index contributed by atoms with van der Waals surface area (Å²) in [4.78, 5) is 25.9. The van der Waals surface area contributed by atoms with E-state index in [-0.39, 0.29) is 24.4 Å². The Bertz CT molecular complexity index is 544. The van der Waals surface area contributed by atoms with E-state index in [0.29, 0.717) is 38.5 Å². The van der Waals surface area contributed by atoms with E-state index in [2.05, 4.69) is 6.92 Å². The summed E-state index contributed by atoms with van der Waals surface area (Å²) in [5, 5.41) is 0. The van der Waals surface area contributed by atoms with Crippen molar-refractivity contribution in [2.75, 3.05) is 40.0 Å². The zero-order chi connectivity index (χ0) is 19.4. The van der Waals surface area contributed by atoms with Gasteiger partial charge in [0.15, 0.2) is 6.61 Å². The molecule has 0 aliphatic heterocycles. The third-order valence-corrected chi connectivity index (χ3v) is 4.07. The minimum Gasteiger partial charge on any atom is -0.484 e. The minimum absolute atomic E-state index is 0.0615. The van der Waals surface area contributed by atoms with Crippen molar-refractivity contribution in [2.24, 2.45) is 5.92 Å². The van der Waals surface area contributed by atoms with E-state index in [1.54, 1.807) is 11.8 Å². The zero-order valence-corrected chi connectivity index (χ0v) is 16.3. The van der Waals surface area contributed by atoms with Gasteiger partial charge >= 0.3 is 5.97 Å². The molecule has 0 heterocycles. The fraction of sp³-hybridized carbons (Fsp3) is 0.600. The van der Waals surface area contributed by atoms with Crippen LogP contribution in [0.2, 0.25) is 0 Å². The second-order valence-electron chi connectivity index (χ2n) is 6.10. The maximum Gasteiger partial charge on any atom is 0.310 e. The highest BCUT2D eigenvalue weighted by Gasteiger charge is 2.21. The molecule has 1 amide bonds. The first-order chi connectivity index (χ1) is 12.5. The number of hydrogen-bond donors (Lipinski definition) is 0. The largest absolute Gasteiger partial charge is 0.484 e. The molecule has 1 unspecified atom stereocenters. The number of ether oxygens (including phenoxy) is 3. The van der Waals surface area contributed by atoms with Crippen molar-refractivity contribution in [1.82, 2.24) is 4.90 Å². The number of methoxy groups -OCH3 is 1. The van der Waals surface area contributed by atoms with Gasteiger partial charge < -0.3 is 19.1 Å². The van der Waals surface area contributed by atoms with Gasteiger partial charge in [-0.25, -0.2) is 0 Å². The van der Waals surface area contributed by atoms with Crippen LogP contribution in [0, 0.1) is 5.92 Å². The first kappa shape index (κ1) is 22.0. The van der Waals surface area contributed by atoms with E-state index in [4.69, 9.17) is 14.2 Å².